The minimum Gasteiger partial charge on any atom is -0.820 e. The van der Waals surface area contributed by atoms with E-state index in [0.29, 0.717) is 0 Å². The zero-order valence-electron chi connectivity index (χ0n) is 16.6. The smallest absolute Gasteiger partial charge is 0.820 e. The number of benzene rings is 2. The molecule has 0 spiro atoms. The van der Waals surface area contributed by atoms with Crippen molar-refractivity contribution in [3.63, 3.8) is 0 Å². The fraction of sp³-hybridized carbons (Fsp3) is 0.300. The maximum Gasteiger partial charge on any atom is 2.00 e. The summed E-state index contributed by atoms with van der Waals surface area (Å²) < 4.78 is 4.86. The van der Waals surface area contributed by atoms with Gasteiger partial charge < -0.3 is 19.4 Å². The van der Waals surface area contributed by atoms with Crippen LogP contribution >= 0.6 is 8.60 Å². The molecular formula is C20H24CuNO6P. The van der Waals surface area contributed by atoms with E-state index in [4.69, 9.17) is 19.4 Å². The SMILES string of the molecule is COC(=O)[C@H](C)N(C(=O)Cc1ccccc1)c1c(C)cccc1C.[Cu+2].[O-]P([O-])O. The first-order valence-corrected chi connectivity index (χ1v) is 9.65. The van der Waals surface area contributed by atoms with E-state index in [1.54, 1.807) is 11.8 Å². The van der Waals surface area contributed by atoms with Gasteiger partial charge in [-0.1, -0.05) is 48.5 Å². The topological polar surface area (TPSA) is 113 Å². The van der Waals surface area contributed by atoms with E-state index in [9.17, 15) is 9.59 Å². The quantitative estimate of drug-likeness (QED) is 0.403. The van der Waals surface area contributed by atoms with Gasteiger partial charge >= 0.3 is 23.0 Å². The maximum atomic E-state index is 13.0. The Hall–Kier alpha value is -1.79. The molecule has 7 nitrogen and oxygen atoms in total. The molecule has 1 N–H and O–H groups in total. The number of hydrogen-bond acceptors (Lipinski definition) is 6. The van der Waals surface area contributed by atoms with E-state index in [-0.39, 0.29) is 29.4 Å². The molecule has 0 aromatic heterocycles. The van der Waals surface area contributed by atoms with Crippen LogP contribution in [0.1, 0.15) is 23.6 Å². The van der Waals surface area contributed by atoms with Crippen molar-refractivity contribution in [1.29, 1.82) is 0 Å². The fourth-order valence-corrected chi connectivity index (χ4v) is 2.85. The van der Waals surface area contributed by atoms with E-state index >= 15 is 0 Å². The van der Waals surface area contributed by atoms with Crippen molar-refractivity contribution in [3.8, 4) is 0 Å². The average molecular weight is 469 g/mol. The Kier molecular flexibility index (Phi) is 12.6. The minimum absolute atomic E-state index is 0. The molecule has 0 heterocycles. The minimum atomic E-state index is -3.12. The summed E-state index contributed by atoms with van der Waals surface area (Å²) in [6.07, 6.45) is 0.232. The van der Waals surface area contributed by atoms with Crippen LogP contribution in [0.15, 0.2) is 48.5 Å². The van der Waals surface area contributed by atoms with Crippen molar-refractivity contribution in [1.82, 2.24) is 0 Å². The second-order valence-electron chi connectivity index (χ2n) is 6.10. The van der Waals surface area contributed by atoms with Crippen molar-refractivity contribution in [2.45, 2.75) is 33.2 Å². The molecule has 1 amide bonds. The Morgan fingerprint density at radius 2 is 1.55 bits per heavy atom. The molecule has 161 valence electrons. The summed E-state index contributed by atoms with van der Waals surface area (Å²) in [6.45, 7) is 5.57. The van der Waals surface area contributed by atoms with Gasteiger partial charge in [-0.15, -0.1) is 0 Å². The summed E-state index contributed by atoms with van der Waals surface area (Å²) in [5.41, 5.74) is 3.59. The third kappa shape index (κ3) is 8.62. The van der Waals surface area contributed by atoms with Crippen LogP contribution in [0.25, 0.3) is 0 Å². The van der Waals surface area contributed by atoms with Crippen molar-refractivity contribution >= 4 is 26.2 Å². The number of para-hydroxylation sites is 1. The summed E-state index contributed by atoms with van der Waals surface area (Å²) in [7, 11) is -1.78. The van der Waals surface area contributed by atoms with E-state index < -0.39 is 20.6 Å². The number of aryl methyl sites for hydroxylation is 2. The van der Waals surface area contributed by atoms with Gasteiger partial charge in [-0.25, -0.2) is 4.79 Å². The summed E-state index contributed by atoms with van der Waals surface area (Å²) >= 11 is 0. The molecule has 0 aliphatic rings. The van der Waals surface area contributed by atoms with Crippen molar-refractivity contribution < 1.29 is 46.1 Å². The van der Waals surface area contributed by atoms with E-state index in [2.05, 4.69) is 0 Å². The molecule has 9 heteroatoms. The molecule has 0 bridgehead atoms. The van der Waals surface area contributed by atoms with Gasteiger partial charge in [0.15, 0.2) is 0 Å². The van der Waals surface area contributed by atoms with Gasteiger partial charge in [0.2, 0.25) is 5.91 Å². The van der Waals surface area contributed by atoms with Crippen LogP contribution in [0.5, 0.6) is 0 Å². The molecule has 0 fully saturated rings. The maximum absolute atomic E-state index is 13.0. The van der Waals surface area contributed by atoms with Gasteiger partial charge in [-0.2, -0.15) is 8.60 Å². The number of carbonyl (C=O) groups is 2. The number of methoxy groups -OCH3 is 1. The Labute approximate surface area is 182 Å². The Bertz CT molecular complexity index is 765. The third-order valence-corrected chi connectivity index (χ3v) is 4.08. The molecule has 2 aromatic rings. The second-order valence-corrected chi connectivity index (χ2v) is 6.58. The van der Waals surface area contributed by atoms with Crippen LogP contribution in [0.2, 0.25) is 0 Å². The monoisotopic (exact) mass is 468 g/mol. The normalized spacial score (nSPS) is 10.9. The number of ether oxygens (including phenoxy) is 1. The number of nitrogens with zero attached hydrogens (tertiary/aromatic N) is 1. The van der Waals surface area contributed by atoms with Gasteiger partial charge in [0.05, 0.1) is 19.2 Å². The first kappa shape index (κ1) is 27.2. The number of amides is 1. The molecule has 1 radical (unpaired) electrons. The van der Waals surface area contributed by atoms with Crippen molar-refractivity contribution in [2.75, 3.05) is 12.0 Å². The molecule has 0 aliphatic carbocycles. The number of carbonyl (C=O) groups excluding carboxylic acids is 2. The van der Waals surface area contributed by atoms with Gasteiger partial charge in [0, 0.05) is 0 Å². The van der Waals surface area contributed by atoms with E-state index in [1.807, 2.05) is 62.4 Å². The molecule has 29 heavy (non-hydrogen) atoms. The largest absolute Gasteiger partial charge is 2.00 e. The summed E-state index contributed by atoms with van der Waals surface area (Å²) in [5, 5.41) is 0. The molecule has 0 saturated heterocycles. The molecule has 0 saturated carbocycles. The molecule has 0 aliphatic heterocycles. The number of anilines is 1. The predicted octanol–water partition coefficient (Wildman–Crippen LogP) is 1.36. The van der Waals surface area contributed by atoms with Crippen LogP contribution < -0.4 is 14.7 Å². The second kappa shape index (κ2) is 13.4. The summed E-state index contributed by atoms with van der Waals surface area (Å²) in [6, 6.07) is 14.7. The molecule has 0 unspecified atom stereocenters. The molecule has 1 atom stereocenters. The van der Waals surface area contributed by atoms with Gasteiger partial charge in [0.25, 0.3) is 0 Å². The number of rotatable bonds is 5. The van der Waals surface area contributed by atoms with Crippen molar-refractivity contribution in [3.05, 3.63) is 65.2 Å². The fourth-order valence-electron chi connectivity index (χ4n) is 2.85. The van der Waals surface area contributed by atoms with Crippen molar-refractivity contribution in [2.24, 2.45) is 0 Å². The van der Waals surface area contributed by atoms with E-state index in [0.717, 1.165) is 22.4 Å². The summed E-state index contributed by atoms with van der Waals surface area (Å²) in [4.78, 5) is 50.8. The molecule has 2 rings (SSSR count). The average Bonchev–Trinajstić information content (AvgIpc) is 2.64. The first-order chi connectivity index (χ1) is 13.2. The van der Waals surface area contributed by atoms with Crippen LogP contribution in [-0.2, 0) is 37.8 Å². The van der Waals surface area contributed by atoms with Crippen LogP contribution in [0, 0.1) is 13.8 Å². The van der Waals surface area contributed by atoms with E-state index in [1.165, 1.54) is 7.11 Å². The number of esters is 1. The van der Waals surface area contributed by atoms with Crippen LogP contribution in [0.3, 0.4) is 0 Å². The van der Waals surface area contributed by atoms with Gasteiger partial charge in [-0.05, 0) is 37.5 Å². The molecule has 2 aromatic carbocycles. The zero-order chi connectivity index (χ0) is 21.3. The predicted molar refractivity (Wildman–Crippen MR) is 104 cm³/mol. The summed E-state index contributed by atoms with van der Waals surface area (Å²) in [5.74, 6) is -0.560. The van der Waals surface area contributed by atoms with Crippen LogP contribution in [0.4, 0.5) is 5.69 Å². The Balaban J connectivity index is 0.00000143. The standard InChI is InChI=1S/C20H23NO3.Cu.HO3P/c1-14-9-8-10-15(2)19(14)21(16(3)20(23)24-4)18(22)13-17-11-6-5-7-12-17;;1-4(2)3/h5-12,16H,13H2,1-4H3;;1H/q;+2;-2/t16-;;/m0../s1. The third-order valence-electron chi connectivity index (χ3n) is 4.08. The Morgan fingerprint density at radius 3 is 2.00 bits per heavy atom. The van der Waals surface area contributed by atoms with Gasteiger partial charge in [-0.3, -0.25) is 9.69 Å². The van der Waals surface area contributed by atoms with Crippen LogP contribution in [-0.4, -0.2) is 29.9 Å². The molecular weight excluding hydrogens is 445 g/mol. The Morgan fingerprint density at radius 1 is 1.07 bits per heavy atom. The number of hydrogen-bond donors (Lipinski definition) is 1. The first-order valence-electron chi connectivity index (χ1n) is 8.52. The zero-order valence-corrected chi connectivity index (χ0v) is 18.4. The van der Waals surface area contributed by atoms with Gasteiger partial charge in [0.1, 0.15) is 6.04 Å².